The number of aryl methyl sites for hydroxylation is 1. The van der Waals surface area contributed by atoms with Gasteiger partial charge in [0, 0.05) is 23.8 Å². The third-order valence-electron chi connectivity index (χ3n) is 6.36. The van der Waals surface area contributed by atoms with Gasteiger partial charge in [0.1, 0.15) is 12.2 Å². The fraction of sp³-hybridized carbons (Fsp3) is 0.375. The SMILES string of the molecule is O=C(O)c1ccc2c(c1F)O[C@H]1C[C@@H](O)[C@H](/C=C/C(O)C(F)(F)c3ccccc3)[C@H]1CC2. The van der Waals surface area contributed by atoms with Gasteiger partial charge in [-0.05, 0) is 24.5 Å². The van der Waals surface area contributed by atoms with Crippen molar-refractivity contribution in [1.29, 1.82) is 0 Å². The normalized spacial score (nSPS) is 26.2. The van der Waals surface area contributed by atoms with Gasteiger partial charge in [-0.25, -0.2) is 9.18 Å². The molecule has 0 spiro atoms. The van der Waals surface area contributed by atoms with E-state index in [1.54, 1.807) is 6.07 Å². The number of carboxylic acids is 1. The van der Waals surface area contributed by atoms with Gasteiger partial charge in [-0.3, -0.25) is 0 Å². The van der Waals surface area contributed by atoms with Crippen LogP contribution < -0.4 is 4.74 Å². The van der Waals surface area contributed by atoms with E-state index in [0.29, 0.717) is 18.4 Å². The van der Waals surface area contributed by atoms with Crippen LogP contribution in [-0.4, -0.2) is 39.6 Å². The van der Waals surface area contributed by atoms with E-state index in [0.717, 1.165) is 6.08 Å². The largest absolute Gasteiger partial charge is 0.487 e. The van der Waals surface area contributed by atoms with Gasteiger partial charge in [0.25, 0.3) is 0 Å². The van der Waals surface area contributed by atoms with Crippen molar-refractivity contribution < 1.29 is 38.0 Å². The first-order valence-corrected chi connectivity index (χ1v) is 10.4. The van der Waals surface area contributed by atoms with Crippen molar-refractivity contribution in [3.63, 3.8) is 0 Å². The number of halogens is 3. The van der Waals surface area contributed by atoms with Crippen LogP contribution in [0.5, 0.6) is 5.75 Å². The van der Waals surface area contributed by atoms with Crippen LogP contribution in [0.15, 0.2) is 54.6 Å². The number of aliphatic hydroxyl groups is 2. The van der Waals surface area contributed by atoms with Gasteiger partial charge < -0.3 is 20.1 Å². The Bertz CT molecular complexity index is 1020. The Morgan fingerprint density at radius 1 is 1.19 bits per heavy atom. The van der Waals surface area contributed by atoms with Crippen molar-refractivity contribution >= 4 is 5.97 Å². The summed E-state index contributed by atoms with van der Waals surface area (Å²) in [6.45, 7) is 0. The maximum absolute atomic E-state index is 14.7. The smallest absolute Gasteiger partial charge is 0.338 e. The molecule has 2 aliphatic rings. The van der Waals surface area contributed by atoms with E-state index in [1.165, 1.54) is 42.5 Å². The van der Waals surface area contributed by atoms with E-state index >= 15 is 0 Å². The molecule has 1 unspecified atom stereocenters. The molecule has 0 saturated heterocycles. The maximum Gasteiger partial charge on any atom is 0.338 e. The zero-order valence-corrected chi connectivity index (χ0v) is 17.0. The lowest BCUT2D eigenvalue weighted by atomic mass is 9.87. The average Bonchev–Trinajstić information content (AvgIpc) is 2.94. The summed E-state index contributed by atoms with van der Waals surface area (Å²) in [4.78, 5) is 11.2. The summed E-state index contributed by atoms with van der Waals surface area (Å²) in [6.07, 6.45) is -0.234. The summed E-state index contributed by atoms with van der Waals surface area (Å²) in [5.41, 5.74) is -0.293. The number of ether oxygens (including phenoxy) is 1. The quantitative estimate of drug-likeness (QED) is 0.604. The topological polar surface area (TPSA) is 87.0 Å². The molecule has 0 radical (unpaired) electrons. The number of carboxylic acid groups (broad SMARTS) is 1. The van der Waals surface area contributed by atoms with Gasteiger partial charge in [0.05, 0.1) is 11.7 Å². The Morgan fingerprint density at radius 3 is 2.59 bits per heavy atom. The number of carbonyl (C=O) groups is 1. The number of rotatable bonds is 5. The van der Waals surface area contributed by atoms with Crippen molar-refractivity contribution in [1.82, 2.24) is 0 Å². The molecule has 0 amide bonds. The van der Waals surface area contributed by atoms with Crippen molar-refractivity contribution in [2.24, 2.45) is 11.8 Å². The summed E-state index contributed by atoms with van der Waals surface area (Å²) in [5, 5.41) is 29.8. The molecule has 32 heavy (non-hydrogen) atoms. The highest BCUT2D eigenvalue weighted by molar-refractivity contribution is 5.88. The molecule has 1 fully saturated rings. The maximum atomic E-state index is 14.7. The lowest BCUT2D eigenvalue weighted by molar-refractivity contribution is -0.0930. The Hall–Kier alpha value is -2.84. The fourth-order valence-electron chi connectivity index (χ4n) is 4.63. The predicted molar refractivity (Wildman–Crippen MR) is 109 cm³/mol. The molecule has 1 aliphatic heterocycles. The predicted octanol–water partition coefficient (Wildman–Crippen LogP) is 3.92. The fourth-order valence-corrected chi connectivity index (χ4v) is 4.63. The van der Waals surface area contributed by atoms with Gasteiger partial charge in [0.15, 0.2) is 11.6 Å². The molecule has 8 heteroatoms. The van der Waals surface area contributed by atoms with E-state index in [1.807, 2.05) is 0 Å². The van der Waals surface area contributed by atoms with Gasteiger partial charge in [-0.2, -0.15) is 8.78 Å². The number of aliphatic hydroxyl groups excluding tert-OH is 2. The molecule has 4 rings (SSSR count). The summed E-state index contributed by atoms with van der Waals surface area (Å²) < 4.78 is 49.6. The Morgan fingerprint density at radius 2 is 1.91 bits per heavy atom. The van der Waals surface area contributed by atoms with Crippen LogP contribution in [0.25, 0.3) is 0 Å². The Balaban J connectivity index is 1.54. The molecule has 1 aliphatic carbocycles. The number of hydrogen-bond acceptors (Lipinski definition) is 4. The van der Waals surface area contributed by atoms with Crippen LogP contribution in [-0.2, 0) is 12.3 Å². The molecule has 0 aromatic heterocycles. The number of benzene rings is 2. The molecule has 1 saturated carbocycles. The zero-order chi connectivity index (χ0) is 23.0. The molecule has 170 valence electrons. The number of fused-ring (bicyclic) bond motifs is 2. The minimum absolute atomic E-state index is 0.134. The van der Waals surface area contributed by atoms with Crippen LogP contribution in [0, 0.1) is 17.7 Å². The van der Waals surface area contributed by atoms with E-state index in [2.05, 4.69) is 0 Å². The zero-order valence-electron chi connectivity index (χ0n) is 17.0. The molecule has 5 atom stereocenters. The number of hydrogen-bond donors (Lipinski definition) is 3. The highest BCUT2D eigenvalue weighted by atomic mass is 19.3. The lowest BCUT2D eigenvalue weighted by Crippen LogP contribution is -2.30. The van der Waals surface area contributed by atoms with Crippen LogP contribution in [0.1, 0.15) is 34.3 Å². The second-order valence-corrected chi connectivity index (χ2v) is 8.28. The Kier molecular flexibility index (Phi) is 6.01. The molecule has 0 bridgehead atoms. The summed E-state index contributed by atoms with van der Waals surface area (Å²) in [6, 6.07) is 9.68. The first-order chi connectivity index (χ1) is 15.2. The second-order valence-electron chi connectivity index (χ2n) is 8.28. The van der Waals surface area contributed by atoms with Crippen molar-refractivity contribution in [2.75, 3.05) is 0 Å². The average molecular weight is 448 g/mol. The van der Waals surface area contributed by atoms with Crippen molar-refractivity contribution in [2.45, 2.75) is 43.5 Å². The lowest BCUT2D eigenvalue weighted by Gasteiger charge is -2.23. The first-order valence-electron chi connectivity index (χ1n) is 10.4. The molecule has 5 nitrogen and oxygen atoms in total. The monoisotopic (exact) mass is 448 g/mol. The third kappa shape index (κ3) is 4.00. The summed E-state index contributed by atoms with van der Waals surface area (Å²) in [5.74, 6) is -6.88. The third-order valence-corrected chi connectivity index (χ3v) is 6.36. The molecule has 1 heterocycles. The standard InChI is InChI=1S/C24H23F3O5/c25-21-17(23(30)31)9-7-13-6-8-16-15(18(28)12-19(16)32-22(13)21)10-11-20(29)24(26,27)14-4-2-1-3-5-14/h1-5,7,9-11,15-16,18-20,28-29H,6,8,12H2,(H,30,31)/b11-10+/t15-,16-,18-,19+,20?/m1/s1. The minimum atomic E-state index is -3.51. The summed E-state index contributed by atoms with van der Waals surface area (Å²) in [7, 11) is 0. The number of aromatic carboxylic acids is 1. The minimum Gasteiger partial charge on any atom is -0.487 e. The van der Waals surface area contributed by atoms with Gasteiger partial charge in [0.2, 0.25) is 0 Å². The molecular weight excluding hydrogens is 425 g/mol. The second kappa shape index (κ2) is 8.60. The van der Waals surface area contributed by atoms with Gasteiger partial charge >= 0.3 is 11.9 Å². The van der Waals surface area contributed by atoms with E-state index in [4.69, 9.17) is 9.84 Å². The highest BCUT2D eigenvalue weighted by Gasteiger charge is 2.45. The van der Waals surface area contributed by atoms with E-state index in [9.17, 15) is 28.2 Å². The molecule has 2 aromatic carbocycles. The van der Waals surface area contributed by atoms with Crippen LogP contribution in [0.2, 0.25) is 0 Å². The van der Waals surface area contributed by atoms with Crippen molar-refractivity contribution in [3.8, 4) is 5.75 Å². The van der Waals surface area contributed by atoms with E-state index in [-0.39, 0.29) is 23.7 Å². The Labute approximate surface area is 182 Å². The molecular formula is C24H23F3O5. The van der Waals surface area contributed by atoms with Gasteiger partial charge in [-0.15, -0.1) is 0 Å². The molecule has 3 N–H and O–H groups in total. The number of alkyl halides is 2. The summed E-state index contributed by atoms with van der Waals surface area (Å²) >= 11 is 0. The van der Waals surface area contributed by atoms with Crippen LogP contribution in [0.4, 0.5) is 13.2 Å². The van der Waals surface area contributed by atoms with Gasteiger partial charge in [-0.1, -0.05) is 48.6 Å². The van der Waals surface area contributed by atoms with Crippen molar-refractivity contribution in [3.05, 3.63) is 77.1 Å². The first kappa shape index (κ1) is 22.4. The molecule has 2 aromatic rings. The van der Waals surface area contributed by atoms with Crippen LogP contribution >= 0.6 is 0 Å². The highest BCUT2D eigenvalue weighted by Crippen LogP contribution is 2.44. The van der Waals surface area contributed by atoms with E-state index < -0.39 is 47.5 Å². The van der Waals surface area contributed by atoms with Crippen LogP contribution in [0.3, 0.4) is 0 Å².